The molecule has 6 nitrogen and oxygen atoms in total. The maximum Gasteiger partial charge on any atom is 0.243 e. The highest BCUT2D eigenvalue weighted by atomic mass is 16.5. The fourth-order valence-electron chi connectivity index (χ4n) is 2.53. The lowest BCUT2D eigenvalue weighted by Crippen LogP contribution is -2.40. The Balaban J connectivity index is 2.53. The fourth-order valence-corrected chi connectivity index (χ4v) is 2.53. The Hall–Kier alpha value is -2.08. The second-order valence-corrected chi connectivity index (χ2v) is 6.60. The Labute approximate surface area is 158 Å². The van der Waals surface area contributed by atoms with Crippen LogP contribution in [0.3, 0.4) is 0 Å². The van der Waals surface area contributed by atoms with Gasteiger partial charge in [-0.15, -0.1) is 0 Å². The van der Waals surface area contributed by atoms with Crippen molar-refractivity contribution >= 4 is 11.9 Å². The average Bonchev–Trinajstić information content (AvgIpc) is 2.57. The number of nitrogens with zero attached hydrogens (tertiary/aromatic N) is 2. The van der Waals surface area contributed by atoms with Crippen molar-refractivity contribution in [2.75, 3.05) is 46.9 Å². The summed E-state index contributed by atoms with van der Waals surface area (Å²) < 4.78 is 5.35. The van der Waals surface area contributed by atoms with Crippen LogP contribution in [0.1, 0.15) is 30.0 Å². The highest BCUT2D eigenvalue weighted by molar-refractivity contribution is 5.84. The third-order valence-corrected chi connectivity index (χ3v) is 3.82. The molecule has 6 heteroatoms. The van der Waals surface area contributed by atoms with Gasteiger partial charge in [-0.1, -0.05) is 29.3 Å². The SMILES string of the molecule is CCOCCCNC(=NCC(=O)N(C)C)NCCc1cc(C)cc(C)c1. The summed E-state index contributed by atoms with van der Waals surface area (Å²) in [5.41, 5.74) is 3.86. The molecule has 1 aromatic carbocycles. The molecular weight excluding hydrogens is 328 g/mol. The minimum Gasteiger partial charge on any atom is -0.382 e. The Morgan fingerprint density at radius 2 is 1.77 bits per heavy atom. The number of carbonyl (C=O) groups excluding carboxylic acids is 1. The van der Waals surface area contributed by atoms with Gasteiger partial charge in [0.1, 0.15) is 6.54 Å². The first kappa shape index (κ1) is 22.0. The van der Waals surface area contributed by atoms with Crippen molar-refractivity contribution in [2.45, 2.75) is 33.6 Å². The summed E-state index contributed by atoms with van der Waals surface area (Å²) >= 11 is 0. The molecule has 26 heavy (non-hydrogen) atoms. The lowest BCUT2D eigenvalue weighted by Gasteiger charge is -2.14. The number of carbonyl (C=O) groups is 1. The zero-order valence-corrected chi connectivity index (χ0v) is 16.9. The van der Waals surface area contributed by atoms with Gasteiger partial charge >= 0.3 is 0 Å². The number of aryl methyl sites for hydroxylation is 2. The number of rotatable bonds is 10. The molecule has 1 rings (SSSR count). The minimum absolute atomic E-state index is 0.0188. The number of ether oxygens (including phenoxy) is 1. The molecule has 146 valence electrons. The highest BCUT2D eigenvalue weighted by Crippen LogP contribution is 2.08. The number of hydrogen-bond acceptors (Lipinski definition) is 3. The molecule has 0 atom stereocenters. The summed E-state index contributed by atoms with van der Waals surface area (Å²) in [5, 5.41) is 6.59. The molecule has 0 radical (unpaired) electrons. The van der Waals surface area contributed by atoms with Gasteiger partial charge in [0, 0.05) is 40.4 Å². The van der Waals surface area contributed by atoms with Gasteiger partial charge in [-0.25, -0.2) is 4.99 Å². The second-order valence-electron chi connectivity index (χ2n) is 6.60. The van der Waals surface area contributed by atoms with Gasteiger partial charge in [-0.2, -0.15) is 0 Å². The summed E-state index contributed by atoms with van der Waals surface area (Å²) in [6, 6.07) is 6.59. The number of benzene rings is 1. The van der Waals surface area contributed by atoms with Crippen LogP contribution in [0.2, 0.25) is 0 Å². The van der Waals surface area contributed by atoms with Gasteiger partial charge in [0.2, 0.25) is 5.91 Å². The largest absolute Gasteiger partial charge is 0.382 e. The Kier molecular flexibility index (Phi) is 10.4. The van der Waals surface area contributed by atoms with E-state index in [0.29, 0.717) is 5.96 Å². The summed E-state index contributed by atoms with van der Waals surface area (Å²) in [7, 11) is 3.47. The van der Waals surface area contributed by atoms with Crippen molar-refractivity contribution in [3.05, 3.63) is 34.9 Å². The molecule has 0 aliphatic heterocycles. The monoisotopic (exact) mass is 362 g/mol. The first-order valence-corrected chi connectivity index (χ1v) is 9.29. The van der Waals surface area contributed by atoms with E-state index >= 15 is 0 Å². The lowest BCUT2D eigenvalue weighted by atomic mass is 10.1. The summed E-state index contributed by atoms with van der Waals surface area (Å²) in [6.07, 6.45) is 1.80. The normalized spacial score (nSPS) is 11.3. The Morgan fingerprint density at radius 1 is 1.12 bits per heavy atom. The number of likely N-dealkylation sites (N-methyl/N-ethyl adjacent to an activating group) is 1. The van der Waals surface area contributed by atoms with Crippen molar-refractivity contribution < 1.29 is 9.53 Å². The molecule has 1 amide bonds. The minimum atomic E-state index is -0.0188. The number of hydrogen-bond donors (Lipinski definition) is 2. The van der Waals surface area contributed by atoms with E-state index in [9.17, 15) is 4.79 Å². The number of nitrogens with one attached hydrogen (secondary N) is 2. The molecule has 0 aliphatic rings. The van der Waals surface area contributed by atoms with E-state index in [2.05, 4.69) is 47.7 Å². The molecule has 0 spiro atoms. The fraction of sp³-hybridized carbons (Fsp3) is 0.600. The van der Waals surface area contributed by atoms with Gasteiger partial charge < -0.3 is 20.3 Å². The van der Waals surface area contributed by atoms with Gasteiger partial charge in [-0.05, 0) is 39.2 Å². The molecule has 0 heterocycles. The number of amides is 1. The first-order valence-electron chi connectivity index (χ1n) is 9.29. The number of guanidine groups is 1. The van der Waals surface area contributed by atoms with Crippen LogP contribution in [0.4, 0.5) is 0 Å². The van der Waals surface area contributed by atoms with Crippen LogP contribution in [-0.4, -0.2) is 63.7 Å². The molecule has 0 saturated carbocycles. The topological polar surface area (TPSA) is 66.0 Å². The van der Waals surface area contributed by atoms with Crippen LogP contribution in [0, 0.1) is 13.8 Å². The standard InChI is InChI=1S/C20H34N4O2/c1-6-26-11-7-9-21-20(23-15-19(25)24(4)5)22-10-8-18-13-16(2)12-17(3)14-18/h12-14H,6-11,15H2,1-5H3,(H2,21,22,23). The molecule has 0 bridgehead atoms. The van der Waals surface area contributed by atoms with Gasteiger partial charge in [0.25, 0.3) is 0 Å². The van der Waals surface area contributed by atoms with Crippen LogP contribution in [0.25, 0.3) is 0 Å². The summed E-state index contributed by atoms with van der Waals surface area (Å²) in [5.74, 6) is 0.649. The third kappa shape index (κ3) is 9.42. The first-order chi connectivity index (χ1) is 12.4. The Bertz CT molecular complexity index is 565. The van der Waals surface area contributed by atoms with E-state index in [1.54, 1.807) is 19.0 Å². The summed E-state index contributed by atoms with van der Waals surface area (Å²) in [4.78, 5) is 17.7. The molecule has 0 aromatic heterocycles. The molecule has 0 saturated heterocycles. The van der Waals surface area contributed by atoms with Gasteiger partial charge in [0.05, 0.1) is 0 Å². The smallest absolute Gasteiger partial charge is 0.243 e. The highest BCUT2D eigenvalue weighted by Gasteiger charge is 2.05. The quantitative estimate of drug-likeness (QED) is 0.379. The van der Waals surface area contributed by atoms with E-state index in [1.165, 1.54) is 16.7 Å². The third-order valence-electron chi connectivity index (χ3n) is 3.82. The second kappa shape index (κ2) is 12.3. The van der Waals surface area contributed by atoms with Crippen LogP contribution >= 0.6 is 0 Å². The van der Waals surface area contributed by atoms with Crippen LogP contribution in [0.15, 0.2) is 23.2 Å². The van der Waals surface area contributed by atoms with E-state index in [4.69, 9.17) is 4.74 Å². The molecule has 0 fully saturated rings. The van der Waals surface area contributed by atoms with E-state index < -0.39 is 0 Å². The molecular formula is C20H34N4O2. The van der Waals surface area contributed by atoms with E-state index in [0.717, 1.165) is 39.1 Å². The van der Waals surface area contributed by atoms with Crippen LogP contribution in [-0.2, 0) is 16.0 Å². The van der Waals surface area contributed by atoms with Crippen molar-refractivity contribution in [1.82, 2.24) is 15.5 Å². The number of aliphatic imine (C=N–C) groups is 1. The lowest BCUT2D eigenvalue weighted by molar-refractivity contribution is -0.127. The van der Waals surface area contributed by atoms with Crippen LogP contribution in [0.5, 0.6) is 0 Å². The van der Waals surface area contributed by atoms with E-state index in [-0.39, 0.29) is 12.5 Å². The molecule has 0 unspecified atom stereocenters. The van der Waals surface area contributed by atoms with E-state index in [1.807, 2.05) is 6.92 Å². The molecule has 1 aromatic rings. The predicted molar refractivity (Wildman–Crippen MR) is 108 cm³/mol. The average molecular weight is 363 g/mol. The van der Waals surface area contributed by atoms with Crippen molar-refractivity contribution in [3.8, 4) is 0 Å². The Morgan fingerprint density at radius 3 is 2.38 bits per heavy atom. The van der Waals surface area contributed by atoms with Gasteiger partial charge in [-0.3, -0.25) is 4.79 Å². The van der Waals surface area contributed by atoms with Crippen LogP contribution < -0.4 is 10.6 Å². The van der Waals surface area contributed by atoms with Crippen molar-refractivity contribution in [2.24, 2.45) is 4.99 Å². The zero-order chi connectivity index (χ0) is 19.4. The molecule has 2 N–H and O–H groups in total. The van der Waals surface area contributed by atoms with Crippen molar-refractivity contribution in [3.63, 3.8) is 0 Å². The summed E-state index contributed by atoms with van der Waals surface area (Å²) in [6.45, 7) is 9.32. The maximum atomic E-state index is 11.8. The van der Waals surface area contributed by atoms with Gasteiger partial charge in [0.15, 0.2) is 5.96 Å². The van der Waals surface area contributed by atoms with Crippen molar-refractivity contribution in [1.29, 1.82) is 0 Å². The maximum absolute atomic E-state index is 11.8. The zero-order valence-electron chi connectivity index (χ0n) is 16.9. The predicted octanol–water partition coefficient (Wildman–Crippen LogP) is 1.90. The molecule has 0 aliphatic carbocycles.